The summed E-state index contributed by atoms with van der Waals surface area (Å²) in [7, 11) is 2.13. The van der Waals surface area contributed by atoms with Crippen molar-refractivity contribution in [1.29, 1.82) is 0 Å². The number of rotatable bonds is 6. The minimum Gasteiger partial charge on any atom is -0.393 e. The molecule has 94 valence electrons. The summed E-state index contributed by atoms with van der Waals surface area (Å²) in [6, 6.07) is 10.8. The molecule has 0 radical (unpaired) electrons. The summed E-state index contributed by atoms with van der Waals surface area (Å²) in [5, 5.41) is 0. The van der Waals surface area contributed by atoms with Crippen LogP contribution in [0.5, 0.6) is 0 Å². The lowest BCUT2D eigenvalue weighted by Gasteiger charge is -2.28. The number of hydrogen-bond donors (Lipinski definition) is 1. The minimum atomic E-state index is 0.144. The minimum absolute atomic E-state index is 0.144. The Balaban J connectivity index is 2.78. The Morgan fingerprint density at radius 3 is 2.41 bits per heavy atom. The molecule has 0 saturated carbocycles. The van der Waals surface area contributed by atoms with E-state index in [1.165, 1.54) is 5.56 Å². The molecule has 2 unspecified atom stereocenters. The summed E-state index contributed by atoms with van der Waals surface area (Å²) in [5.74, 6) is 0.144. The van der Waals surface area contributed by atoms with Gasteiger partial charge in [0.15, 0.2) is 0 Å². The summed E-state index contributed by atoms with van der Waals surface area (Å²) >= 11 is 5.19. The van der Waals surface area contributed by atoms with E-state index in [9.17, 15) is 0 Å². The van der Waals surface area contributed by atoms with Gasteiger partial charge >= 0.3 is 0 Å². The van der Waals surface area contributed by atoms with Crippen LogP contribution >= 0.6 is 12.2 Å². The van der Waals surface area contributed by atoms with Gasteiger partial charge in [-0.2, -0.15) is 0 Å². The summed E-state index contributed by atoms with van der Waals surface area (Å²) in [4.78, 5) is 2.89. The van der Waals surface area contributed by atoms with Gasteiger partial charge in [0.2, 0.25) is 0 Å². The van der Waals surface area contributed by atoms with Crippen LogP contribution < -0.4 is 5.73 Å². The molecule has 0 fully saturated rings. The van der Waals surface area contributed by atoms with Gasteiger partial charge in [0.25, 0.3) is 0 Å². The fourth-order valence-corrected chi connectivity index (χ4v) is 2.04. The largest absolute Gasteiger partial charge is 0.393 e. The van der Waals surface area contributed by atoms with E-state index in [-0.39, 0.29) is 5.92 Å². The maximum absolute atomic E-state index is 5.86. The quantitative estimate of drug-likeness (QED) is 0.787. The van der Waals surface area contributed by atoms with E-state index in [1.807, 2.05) is 18.2 Å². The molecule has 0 heterocycles. The zero-order chi connectivity index (χ0) is 12.8. The Morgan fingerprint density at radius 2 is 1.94 bits per heavy atom. The van der Waals surface area contributed by atoms with Crippen molar-refractivity contribution >= 4 is 17.2 Å². The molecule has 3 heteroatoms. The van der Waals surface area contributed by atoms with Crippen LogP contribution in [0.1, 0.15) is 31.7 Å². The van der Waals surface area contributed by atoms with Gasteiger partial charge in [-0.15, -0.1) is 0 Å². The van der Waals surface area contributed by atoms with Crippen LogP contribution in [0.3, 0.4) is 0 Å². The molecule has 0 spiro atoms. The van der Waals surface area contributed by atoms with E-state index in [0.717, 1.165) is 13.0 Å². The molecule has 0 bridgehead atoms. The van der Waals surface area contributed by atoms with E-state index in [0.29, 0.717) is 11.0 Å². The molecule has 2 nitrogen and oxygen atoms in total. The fraction of sp³-hybridized carbons (Fsp3) is 0.500. The van der Waals surface area contributed by atoms with E-state index in [1.54, 1.807) is 0 Å². The molecule has 2 atom stereocenters. The summed E-state index contributed by atoms with van der Waals surface area (Å²) < 4.78 is 0. The van der Waals surface area contributed by atoms with Gasteiger partial charge in [-0.25, -0.2) is 0 Å². The number of likely N-dealkylation sites (N-methyl/N-ethyl adjacent to an activating group) is 1. The van der Waals surface area contributed by atoms with E-state index in [4.69, 9.17) is 18.0 Å². The second kappa shape index (κ2) is 6.72. The first-order valence-electron chi connectivity index (χ1n) is 6.10. The first-order valence-corrected chi connectivity index (χ1v) is 6.51. The number of benzene rings is 1. The monoisotopic (exact) mass is 250 g/mol. The normalized spacial score (nSPS) is 14.6. The third kappa shape index (κ3) is 4.10. The Hall–Kier alpha value is -0.930. The SMILES string of the molecule is CCC(C)N(C)CC(C(N)=S)c1ccccc1. The predicted octanol–water partition coefficient (Wildman–Crippen LogP) is 2.79. The number of hydrogen-bond acceptors (Lipinski definition) is 2. The number of thiocarbonyl (C=S) groups is 1. The zero-order valence-corrected chi connectivity index (χ0v) is 11.7. The lowest BCUT2D eigenvalue weighted by atomic mass is 9.98. The zero-order valence-electron chi connectivity index (χ0n) is 10.9. The highest BCUT2D eigenvalue weighted by atomic mass is 32.1. The molecule has 1 aromatic rings. The van der Waals surface area contributed by atoms with E-state index >= 15 is 0 Å². The van der Waals surface area contributed by atoms with Crippen molar-refractivity contribution in [3.63, 3.8) is 0 Å². The van der Waals surface area contributed by atoms with Crippen LogP contribution in [0.4, 0.5) is 0 Å². The van der Waals surface area contributed by atoms with Crippen molar-refractivity contribution in [3.8, 4) is 0 Å². The number of nitrogens with zero attached hydrogens (tertiary/aromatic N) is 1. The van der Waals surface area contributed by atoms with Gasteiger partial charge in [0.05, 0.1) is 4.99 Å². The van der Waals surface area contributed by atoms with Crippen LogP contribution in [0, 0.1) is 0 Å². The molecule has 0 aliphatic carbocycles. The molecule has 0 amide bonds. The molecule has 17 heavy (non-hydrogen) atoms. The standard InChI is InChI=1S/C14H22N2S/c1-4-11(2)16(3)10-13(14(15)17)12-8-6-5-7-9-12/h5-9,11,13H,4,10H2,1-3H3,(H2,15,17). The van der Waals surface area contributed by atoms with Crippen LogP contribution in [0.2, 0.25) is 0 Å². The Labute approximate surface area is 110 Å². The van der Waals surface area contributed by atoms with Crippen molar-refractivity contribution in [2.24, 2.45) is 5.73 Å². The van der Waals surface area contributed by atoms with Crippen LogP contribution in [0.25, 0.3) is 0 Å². The molecule has 0 saturated heterocycles. The summed E-state index contributed by atoms with van der Waals surface area (Å²) in [6.07, 6.45) is 1.13. The highest BCUT2D eigenvalue weighted by molar-refractivity contribution is 7.80. The van der Waals surface area contributed by atoms with Gasteiger partial charge < -0.3 is 10.6 Å². The van der Waals surface area contributed by atoms with Gasteiger partial charge in [-0.05, 0) is 26.0 Å². The van der Waals surface area contributed by atoms with E-state index < -0.39 is 0 Å². The Kier molecular flexibility index (Phi) is 5.59. The van der Waals surface area contributed by atoms with Crippen LogP contribution in [-0.4, -0.2) is 29.5 Å². The number of nitrogens with two attached hydrogens (primary N) is 1. The average Bonchev–Trinajstić information content (AvgIpc) is 2.35. The van der Waals surface area contributed by atoms with Crippen molar-refractivity contribution in [1.82, 2.24) is 4.90 Å². The predicted molar refractivity (Wildman–Crippen MR) is 78.4 cm³/mol. The van der Waals surface area contributed by atoms with Gasteiger partial charge in [-0.1, -0.05) is 49.5 Å². The van der Waals surface area contributed by atoms with Crippen molar-refractivity contribution in [2.45, 2.75) is 32.2 Å². The van der Waals surface area contributed by atoms with Crippen molar-refractivity contribution in [2.75, 3.05) is 13.6 Å². The third-order valence-corrected chi connectivity index (χ3v) is 3.64. The lowest BCUT2D eigenvalue weighted by Crippen LogP contribution is -2.36. The highest BCUT2D eigenvalue weighted by Crippen LogP contribution is 2.18. The summed E-state index contributed by atoms with van der Waals surface area (Å²) in [5.41, 5.74) is 7.07. The van der Waals surface area contributed by atoms with E-state index in [2.05, 4.69) is 37.9 Å². The molecule has 0 aliphatic rings. The lowest BCUT2D eigenvalue weighted by molar-refractivity contribution is 0.250. The molecule has 1 aromatic carbocycles. The first-order chi connectivity index (χ1) is 8.06. The molecule has 2 N–H and O–H groups in total. The Morgan fingerprint density at radius 1 is 1.35 bits per heavy atom. The molecular formula is C14H22N2S. The smallest absolute Gasteiger partial charge is 0.0816 e. The van der Waals surface area contributed by atoms with Gasteiger partial charge in [0.1, 0.15) is 0 Å². The molecule has 1 rings (SSSR count). The molecular weight excluding hydrogens is 228 g/mol. The topological polar surface area (TPSA) is 29.3 Å². The fourth-order valence-electron chi connectivity index (χ4n) is 1.82. The maximum Gasteiger partial charge on any atom is 0.0816 e. The maximum atomic E-state index is 5.86. The molecule has 0 aromatic heterocycles. The van der Waals surface area contributed by atoms with Crippen molar-refractivity contribution < 1.29 is 0 Å². The average molecular weight is 250 g/mol. The first kappa shape index (κ1) is 14.1. The van der Waals surface area contributed by atoms with Crippen molar-refractivity contribution in [3.05, 3.63) is 35.9 Å². The van der Waals surface area contributed by atoms with Crippen LogP contribution in [0.15, 0.2) is 30.3 Å². The Bertz CT molecular complexity index is 350. The highest BCUT2D eigenvalue weighted by Gasteiger charge is 2.18. The molecule has 0 aliphatic heterocycles. The van der Waals surface area contributed by atoms with Crippen LogP contribution in [-0.2, 0) is 0 Å². The van der Waals surface area contributed by atoms with Gasteiger partial charge in [-0.3, -0.25) is 0 Å². The summed E-state index contributed by atoms with van der Waals surface area (Å²) in [6.45, 7) is 5.30. The second-order valence-electron chi connectivity index (χ2n) is 4.56. The van der Waals surface area contributed by atoms with Gasteiger partial charge in [0, 0.05) is 18.5 Å². The second-order valence-corrected chi connectivity index (χ2v) is 5.03. The third-order valence-electron chi connectivity index (χ3n) is 3.36.